The molecule has 1 fully saturated rings. The van der Waals surface area contributed by atoms with Gasteiger partial charge < -0.3 is 24.6 Å². The van der Waals surface area contributed by atoms with Crippen LogP contribution in [-0.2, 0) is 11.2 Å². The van der Waals surface area contributed by atoms with Gasteiger partial charge in [0, 0.05) is 6.20 Å². The highest BCUT2D eigenvalue weighted by Gasteiger charge is 2.36. The van der Waals surface area contributed by atoms with Crippen molar-refractivity contribution in [1.82, 2.24) is 10.3 Å². The van der Waals surface area contributed by atoms with Gasteiger partial charge >= 0.3 is 0 Å². The summed E-state index contributed by atoms with van der Waals surface area (Å²) in [6, 6.07) is 7.18. The van der Waals surface area contributed by atoms with Gasteiger partial charge in [0.05, 0.1) is 31.9 Å². The molecule has 27 heavy (non-hydrogen) atoms. The maximum atomic E-state index is 12.7. The third-order valence-electron chi connectivity index (χ3n) is 5.07. The number of carbonyl (C=O) groups is 1. The Morgan fingerprint density at radius 1 is 1.30 bits per heavy atom. The smallest absolute Gasteiger partial charge is 0.231 e. The lowest BCUT2D eigenvalue weighted by atomic mass is 9.75. The number of nitrogens with zero attached hydrogens (tertiary/aromatic N) is 1. The number of amides is 1. The number of pyridine rings is 1. The first-order chi connectivity index (χ1) is 13.1. The Balaban J connectivity index is 1.48. The molecule has 2 aliphatic rings. The van der Waals surface area contributed by atoms with Crippen molar-refractivity contribution in [2.75, 3.05) is 13.9 Å². The Morgan fingerprint density at radius 3 is 2.89 bits per heavy atom. The number of rotatable bonds is 6. The molecule has 1 aromatic heterocycles. The highest BCUT2D eigenvalue weighted by Crippen LogP contribution is 2.38. The van der Waals surface area contributed by atoms with Crippen LogP contribution >= 0.6 is 0 Å². The number of benzene rings is 1. The highest BCUT2D eigenvalue weighted by molar-refractivity contribution is 5.79. The van der Waals surface area contributed by atoms with E-state index >= 15 is 0 Å². The molecule has 2 heterocycles. The quantitative estimate of drug-likeness (QED) is 0.808. The van der Waals surface area contributed by atoms with Crippen LogP contribution in [0.2, 0.25) is 0 Å². The second-order valence-electron chi connectivity index (χ2n) is 6.95. The van der Waals surface area contributed by atoms with Crippen LogP contribution in [0.15, 0.2) is 36.7 Å². The van der Waals surface area contributed by atoms with Crippen molar-refractivity contribution in [3.8, 4) is 17.2 Å². The molecular formula is C20H22N2O5. The number of fused-ring (bicyclic) bond motifs is 1. The number of aliphatic hydroxyl groups is 1. The van der Waals surface area contributed by atoms with Crippen LogP contribution < -0.4 is 19.5 Å². The summed E-state index contributed by atoms with van der Waals surface area (Å²) in [5.74, 6) is 2.08. The number of methoxy groups -OCH3 is 1. The second kappa shape index (κ2) is 7.44. The van der Waals surface area contributed by atoms with Crippen LogP contribution in [0.1, 0.15) is 30.0 Å². The van der Waals surface area contributed by atoms with Gasteiger partial charge in [-0.2, -0.15) is 0 Å². The average Bonchev–Trinajstić information content (AvgIpc) is 3.11. The first-order valence-corrected chi connectivity index (χ1v) is 8.97. The van der Waals surface area contributed by atoms with E-state index in [0.717, 1.165) is 11.1 Å². The van der Waals surface area contributed by atoms with Crippen LogP contribution in [-0.4, -0.2) is 36.0 Å². The minimum absolute atomic E-state index is 0.0944. The summed E-state index contributed by atoms with van der Waals surface area (Å²) in [4.78, 5) is 16.9. The Hall–Kier alpha value is -2.80. The molecule has 7 nitrogen and oxygen atoms in total. The predicted molar refractivity (Wildman–Crippen MR) is 96.7 cm³/mol. The van der Waals surface area contributed by atoms with E-state index in [1.165, 1.54) is 0 Å². The zero-order valence-corrected chi connectivity index (χ0v) is 15.1. The van der Waals surface area contributed by atoms with Gasteiger partial charge in [-0.3, -0.25) is 9.78 Å². The monoisotopic (exact) mass is 370 g/mol. The van der Waals surface area contributed by atoms with E-state index in [9.17, 15) is 9.90 Å². The Kier molecular flexibility index (Phi) is 4.85. The van der Waals surface area contributed by atoms with Crippen molar-refractivity contribution >= 4 is 5.91 Å². The Labute approximate surface area is 157 Å². The van der Waals surface area contributed by atoms with Gasteiger partial charge in [-0.25, -0.2) is 0 Å². The van der Waals surface area contributed by atoms with Crippen LogP contribution in [0.25, 0.3) is 0 Å². The van der Waals surface area contributed by atoms with Crippen molar-refractivity contribution in [2.24, 2.45) is 5.92 Å². The van der Waals surface area contributed by atoms with E-state index in [1.807, 2.05) is 24.3 Å². The summed E-state index contributed by atoms with van der Waals surface area (Å²) in [5, 5.41) is 12.8. The normalized spacial score (nSPS) is 21.3. The molecule has 7 heteroatoms. The predicted octanol–water partition coefficient (Wildman–Crippen LogP) is 1.99. The van der Waals surface area contributed by atoms with Crippen molar-refractivity contribution in [3.63, 3.8) is 0 Å². The maximum Gasteiger partial charge on any atom is 0.231 e. The second-order valence-corrected chi connectivity index (χ2v) is 6.95. The molecule has 1 aliphatic heterocycles. The van der Waals surface area contributed by atoms with Crippen molar-refractivity contribution in [3.05, 3.63) is 47.8 Å². The van der Waals surface area contributed by atoms with Gasteiger partial charge in [0.2, 0.25) is 12.7 Å². The molecule has 142 valence electrons. The molecule has 1 aromatic carbocycles. The molecule has 2 N–H and O–H groups in total. The minimum Gasteiger partial charge on any atom is -0.495 e. The van der Waals surface area contributed by atoms with Gasteiger partial charge in [0.1, 0.15) is 5.75 Å². The fourth-order valence-corrected chi connectivity index (χ4v) is 3.55. The van der Waals surface area contributed by atoms with Gasteiger partial charge in [0.15, 0.2) is 11.5 Å². The van der Waals surface area contributed by atoms with E-state index in [1.54, 1.807) is 19.5 Å². The number of nitrogens with one attached hydrogen (secondary N) is 1. The molecule has 0 radical (unpaired) electrons. The molecule has 2 aromatic rings. The summed E-state index contributed by atoms with van der Waals surface area (Å²) in [6.07, 6.45) is 4.61. The van der Waals surface area contributed by atoms with Crippen molar-refractivity contribution < 1.29 is 24.1 Å². The highest BCUT2D eigenvalue weighted by atomic mass is 16.7. The van der Waals surface area contributed by atoms with Gasteiger partial charge in [-0.1, -0.05) is 6.07 Å². The van der Waals surface area contributed by atoms with E-state index in [4.69, 9.17) is 14.2 Å². The summed E-state index contributed by atoms with van der Waals surface area (Å²) >= 11 is 0. The van der Waals surface area contributed by atoms with E-state index in [0.29, 0.717) is 30.1 Å². The molecule has 4 rings (SSSR count). The lowest BCUT2D eigenvalue weighted by molar-refractivity contribution is -0.122. The molecule has 0 saturated heterocycles. The molecule has 1 amide bonds. The lowest BCUT2D eigenvalue weighted by Crippen LogP contribution is -2.41. The summed E-state index contributed by atoms with van der Waals surface area (Å²) in [7, 11) is 1.58. The average molecular weight is 370 g/mol. The zero-order valence-electron chi connectivity index (χ0n) is 15.1. The van der Waals surface area contributed by atoms with E-state index < -0.39 is 0 Å². The molecule has 1 atom stereocenters. The summed E-state index contributed by atoms with van der Waals surface area (Å²) in [6.45, 7) is 0.208. The largest absolute Gasteiger partial charge is 0.495 e. The maximum absolute atomic E-state index is 12.7. The topological polar surface area (TPSA) is 89.9 Å². The first-order valence-electron chi connectivity index (χ1n) is 8.97. The Bertz CT molecular complexity index is 835. The summed E-state index contributed by atoms with van der Waals surface area (Å²) in [5.41, 5.74) is 1.73. The van der Waals surface area contributed by atoms with E-state index in [-0.39, 0.29) is 37.2 Å². The third kappa shape index (κ3) is 3.83. The van der Waals surface area contributed by atoms with Gasteiger partial charge in [-0.05, 0) is 48.1 Å². The zero-order chi connectivity index (χ0) is 18.8. The summed E-state index contributed by atoms with van der Waals surface area (Å²) < 4.78 is 15.9. The number of aromatic nitrogens is 1. The lowest BCUT2D eigenvalue weighted by Gasteiger charge is -2.38. The van der Waals surface area contributed by atoms with Gasteiger partial charge in [-0.15, -0.1) is 0 Å². The van der Waals surface area contributed by atoms with Crippen LogP contribution in [0.3, 0.4) is 0 Å². The van der Waals surface area contributed by atoms with Crippen molar-refractivity contribution in [1.29, 1.82) is 0 Å². The first kappa shape index (κ1) is 17.6. The minimum atomic E-state index is -0.304. The number of hydrogen-bond acceptors (Lipinski definition) is 6. The van der Waals surface area contributed by atoms with E-state index in [2.05, 4.69) is 10.3 Å². The van der Waals surface area contributed by atoms with Gasteiger partial charge in [0.25, 0.3) is 0 Å². The molecule has 1 saturated carbocycles. The van der Waals surface area contributed by atoms with Crippen molar-refractivity contribution in [2.45, 2.75) is 31.4 Å². The fourth-order valence-electron chi connectivity index (χ4n) is 3.55. The third-order valence-corrected chi connectivity index (χ3v) is 5.07. The molecule has 0 spiro atoms. The standard InChI is InChI=1S/C20H22N2O5/c1-25-16-8-14(9-21-10-16)20(13-6-15(23)7-13)22-19(24)5-12-2-3-17-18(4-12)27-11-26-17/h2-4,8-10,13,15,20,23H,5-7,11H2,1H3,(H,22,24). The molecule has 1 aliphatic carbocycles. The SMILES string of the molecule is COc1cncc(C(NC(=O)Cc2ccc3c(c2)OCO3)C2CC(O)C2)c1. The molecule has 1 unspecified atom stereocenters. The number of aliphatic hydroxyl groups excluding tert-OH is 1. The Morgan fingerprint density at radius 2 is 2.11 bits per heavy atom. The number of hydrogen-bond donors (Lipinski definition) is 2. The van der Waals surface area contributed by atoms with Crippen LogP contribution in [0.4, 0.5) is 0 Å². The van der Waals surface area contributed by atoms with Crippen LogP contribution in [0, 0.1) is 5.92 Å². The molecular weight excluding hydrogens is 348 g/mol. The molecule has 0 bridgehead atoms. The fraction of sp³-hybridized carbons (Fsp3) is 0.400. The number of carbonyl (C=O) groups excluding carboxylic acids is 1. The number of ether oxygens (including phenoxy) is 3. The van der Waals surface area contributed by atoms with Crippen LogP contribution in [0.5, 0.6) is 17.2 Å².